The van der Waals surface area contributed by atoms with Crippen molar-refractivity contribution in [3.63, 3.8) is 0 Å². The molecule has 0 radical (unpaired) electrons. The molecule has 2 aromatic heterocycles. The fraction of sp³-hybridized carbons (Fsp3) is 0. The summed E-state index contributed by atoms with van der Waals surface area (Å²) >= 11 is 1.38. The fourth-order valence-electron chi connectivity index (χ4n) is 1.07. The van der Waals surface area contributed by atoms with Gasteiger partial charge in [-0.2, -0.15) is 0 Å². The predicted octanol–water partition coefficient (Wildman–Crippen LogP) is 1.31. The Hall–Kier alpha value is -1.95. The number of aromatic nitrogens is 3. The Balaban J connectivity index is 2.22. The van der Waals surface area contributed by atoms with Crippen LogP contribution in [-0.2, 0) is 0 Å². The van der Waals surface area contributed by atoms with Crippen molar-refractivity contribution in [1.29, 1.82) is 5.41 Å². The molecule has 0 saturated heterocycles. The zero-order valence-electron chi connectivity index (χ0n) is 8.29. The van der Waals surface area contributed by atoms with Gasteiger partial charge in [0.1, 0.15) is 21.6 Å². The summed E-state index contributed by atoms with van der Waals surface area (Å²) in [6, 6.07) is 5.34. The molecule has 16 heavy (non-hydrogen) atoms. The second-order valence-electron chi connectivity index (χ2n) is 2.92. The molecule has 80 valence electrons. The first-order chi connectivity index (χ1) is 7.75. The number of pyridine rings is 1. The van der Waals surface area contributed by atoms with Crippen LogP contribution in [0.4, 0.5) is 0 Å². The van der Waals surface area contributed by atoms with Crippen LogP contribution >= 0.6 is 11.8 Å². The summed E-state index contributed by atoms with van der Waals surface area (Å²) in [6.07, 6.45) is 4.90. The van der Waals surface area contributed by atoms with Gasteiger partial charge >= 0.3 is 0 Å². The van der Waals surface area contributed by atoms with E-state index in [0.29, 0.717) is 5.69 Å². The lowest BCUT2D eigenvalue weighted by Crippen LogP contribution is -2.12. The van der Waals surface area contributed by atoms with Crippen molar-refractivity contribution in [3.8, 4) is 0 Å². The van der Waals surface area contributed by atoms with Crippen molar-refractivity contribution < 1.29 is 0 Å². The Labute approximate surface area is 96.7 Å². The zero-order chi connectivity index (χ0) is 11.4. The van der Waals surface area contributed by atoms with E-state index in [4.69, 9.17) is 11.1 Å². The number of nitrogens with zero attached hydrogens (tertiary/aromatic N) is 3. The molecule has 2 aromatic rings. The summed E-state index contributed by atoms with van der Waals surface area (Å²) in [7, 11) is 0. The quantitative estimate of drug-likeness (QED) is 0.614. The normalized spacial score (nSPS) is 10.0. The van der Waals surface area contributed by atoms with Crippen molar-refractivity contribution in [2.45, 2.75) is 10.1 Å². The standard InChI is InChI=1S/C10H9N5S/c11-10(12)7-2-1-3-8(15-7)16-9-6-13-4-5-14-9/h1-6H,(H3,11,12). The minimum atomic E-state index is -0.0402. The van der Waals surface area contributed by atoms with Gasteiger partial charge in [0.05, 0.1) is 6.20 Å². The highest BCUT2D eigenvalue weighted by molar-refractivity contribution is 7.99. The Kier molecular flexibility index (Phi) is 3.11. The highest BCUT2D eigenvalue weighted by Gasteiger charge is 2.03. The minimum Gasteiger partial charge on any atom is -0.382 e. The summed E-state index contributed by atoms with van der Waals surface area (Å²) in [5.41, 5.74) is 5.83. The van der Waals surface area contributed by atoms with Gasteiger partial charge in [-0.3, -0.25) is 10.4 Å². The smallest absolute Gasteiger partial charge is 0.141 e. The Morgan fingerprint density at radius 1 is 1.25 bits per heavy atom. The van der Waals surface area contributed by atoms with Gasteiger partial charge < -0.3 is 5.73 Å². The average molecular weight is 231 g/mol. The van der Waals surface area contributed by atoms with Crippen LogP contribution in [0.2, 0.25) is 0 Å². The number of hydrogen-bond donors (Lipinski definition) is 2. The molecule has 0 fully saturated rings. The number of hydrogen-bond acceptors (Lipinski definition) is 5. The molecule has 0 aliphatic heterocycles. The lowest BCUT2D eigenvalue weighted by molar-refractivity contribution is 1.04. The Morgan fingerprint density at radius 3 is 2.81 bits per heavy atom. The highest BCUT2D eigenvalue weighted by Crippen LogP contribution is 2.22. The number of nitrogens with one attached hydrogen (secondary N) is 1. The van der Waals surface area contributed by atoms with Gasteiger partial charge in [-0.1, -0.05) is 6.07 Å². The summed E-state index contributed by atoms with van der Waals surface area (Å²) in [4.78, 5) is 12.3. The second-order valence-corrected chi connectivity index (χ2v) is 3.96. The van der Waals surface area contributed by atoms with Crippen LogP contribution in [-0.4, -0.2) is 20.8 Å². The van der Waals surface area contributed by atoms with E-state index >= 15 is 0 Å². The molecule has 2 heterocycles. The minimum absolute atomic E-state index is 0.0402. The van der Waals surface area contributed by atoms with Gasteiger partial charge in [0.2, 0.25) is 0 Å². The van der Waals surface area contributed by atoms with Gasteiger partial charge in [-0.05, 0) is 23.9 Å². The van der Waals surface area contributed by atoms with Crippen LogP contribution < -0.4 is 5.73 Å². The molecular formula is C10H9N5S. The maximum absolute atomic E-state index is 7.29. The summed E-state index contributed by atoms with van der Waals surface area (Å²) in [6.45, 7) is 0. The van der Waals surface area contributed by atoms with Crippen LogP contribution in [0.15, 0.2) is 46.8 Å². The molecule has 0 atom stereocenters. The number of nitrogen functional groups attached to an aromatic ring is 1. The molecule has 0 amide bonds. The van der Waals surface area contributed by atoms with Crippen molar-refractivity contribution in [1.82, 2.24) is 15.0 Å². The van der Waals surface area contributed by atoms with E-state index in [1.165, 1.54) is 11.8 Å². The fourth-order valence-corrected chi connectivity index (χ4v) is 1.80. The maximum atomic E-state index is 7.29. The van der Waals surface area contributed by atoms with Crippen LogP contribution in [0, 0.1) is 5.41 Å². The van der Waals surface area contributed by atoms with Crippen molar-refractivity contribution in [3.05, 3.63) is 42.5 Å². The molecule has 5 nitrogen and oxygen atoms in total. The van der Waals surface area contributed by atoms with Crippen LogP contribution in [0.3, 0.4) is 0 Å². The molecule has 2 rings (SSSR count). The topological polar surface area (TPSA) is 88.5 Å². The molecule has 3 N–H and O–H groups in total. The van der Waals surface area contributed by atoms with Crippen LogP contribution in [0.1, 0.15) is 5.69 Å². The molecule has 0 aromatic carbocycles. The first-order valence-electron chi connectivity index (χ1n) is 4.51. The Bertz CT molecular complexity index is 500. The van der Waals surface area contributed by atoms with Gasteiger partial charge in [-0.15, -0.1) is 0 Å². The molecule has 0 bridgehead atoms. The number of nitrogens with two attached hydrogens (primary N) is 1. The van der Waals surface area contributed by atoms with E-state index in [-0.39, 0.29) is 5.84 Å². The van der Waals surface area contributed by atoms with Gasteiger partial charge in [0.25, 0.3) is 0 Å². The third kappa shape index (κ3) is 2.54. The third-order valence-electron chi connectivity index (χ3n) is 1.75. The predicted molar refractivity (Wildman–Crippen MR) is 61.4 cm³/mol. The monoisotopic (exact) mass is 231 g/mol. The second kappa shape index (κ2) is 4.71. The summed E-state index contributed by atoms with van der Waals surface area (Å²) in [5.74, 6) is -0.0402. The van der Waals surface area contributed by atoms with Crippen molar-refractivity contribution in [2.24, 2.45) is 5.73 Å². The molecule has 0 saturated carbocycles. The lowest BCUT2D eigenvalue weighted by atomic mass is 10.3. The van der Waals surface area contributed by atoms with Crippen molar-refractivity contribution in [2.75, 3.05) is 0 Å². The first kappa shape index (κ1) is 10.6. The SMILES string of the molecule is N=C(N)c1cccc(Sc2cnccn2)n1. The third-order valence-corrected chi connectivity index (χ3v) is 2.60. The van der Waals surface area contributed by atoms with E-state index in [0.717, 1.165) is 10.1 Å². The van der Waals surface area contributed by atoms with E-state index in [2.05, 4.69) is 15.0 Å². The largest absolute Gasteiger partial charge is 0.382 e. The molecule has 6 heteroatoms. The van der Waals surface area contributed by atoms with Crippen LogP contribution in [0.5, 0.6) is 0 Å². The van der Waals surface area contributed by atoms with Crippen LogP contribution in [0.25, 0.3) is 0 Å². The average Bonchev–Trinajstić information content (AvgIpc) is 2.30. The molecule has 0 aliphatic rings. The van der Waals surface area contributed by atoms with Gasteiger partial charge in [0, 0.05) is 12.4 Å². The van der Waals surface area contributed by atoms with E-state index in [1.54, 1.807) is 24.7 Å². The van der Waals surface area contributed by atoms with Gasteiger partial charge in [-0.25, -0.2) is 9.97 Å². The zero-order valence-corrected chi connectivity index (χ0v) is 9.11. The lowest BCUT2D eigenvalue weighted by Gasteiger charge is -2.01. The summed E-state index contributed by atoms with van der Waals surface area (Å²) in [5, 5.41) is 8.79. The summed E-state index contributed by atoms with van der Waals surface area (Å²) < 4.78 is 0. The van der Waals surface area contributed by atoms with Crippen molar-refractivity contribution >= 4 is 17.6 Å². The maximum Gasteiger partial charge on any atom is 0.141 e. The first-order valence-corrected chi connectivity index (χ1v) is 5.32. The molecule has 0 spiro atoms. The molecular weight excluding hydrogens is 222 g/mol. The van der Waals surface area contributed by atoms with E-state index in [1.807, 2.05) is 12.1 Å². The van der Waals surface area contributed by atoms with Gasteiger partial charge in [0.15, 0.2) is 0 Å². The molecule has 0 unspecified atom stereocenters. The number of rotatable bonds is 3. The van der Waals surface area contributed by atoms with E-state index < -0.39 is 0 Å². The molecule has 0 aliphatic carbocycles. The Morgan fingerprint density at radius 2 is 2.12 bits per heavy atom. The van der Waals surface area contributed by atoms with E-state index in [9.17, 15) is 0 Å². The highest BCUT2D eigenvalue weighted by atomic mass is 32.2. The number of amidine groups is 1.